The van der Waals surface area contributed by atoms with Crippen molar-refractivity contribution < 1.29 is 4.79 Å². The third kappa shape index (κ3) is 4.00. The molecule has 1 aromatic rings. The third-order valence-electron chi connectivity index (χ3n) is 2.13. The molecule has 1 amide bonds. The average Bonchev–Trinajstić information content (AvgIpc) is 2.39. The van der Waals surface area contributed by atoms with Gasteiger partial charge in [-0.1, -0.05) is 11.6 Å². The van der Waals surface area contributed by atoms with Gasteiger partial charge in [0.25, 0.3) is 5.91 Å². The minimum absolute atomic E-state index is 0.148. The molecule has 0 aliphatic carbocycles. The molecule has 0 spiro atoms. The Labute approximate surface area is 109 Å². The van der Waals surface area contributed by atoms with Gasteiger partial charge in [-0.15, -0.1) is 10.2 Å². The molecule has 0 bridgehead atoms. The molecule has 18 heavy (non-hydrogen) atoms. The minimum atomic E-state index is -0.357. The Balaban J connectivity index is 2.78. The number of carbonyl (C=O) groups excluding carboxylic acids is 1. The zero-order valence-corrected chi connectivity index (χ0v) is 10.3. The van der Waals surface area contributed by atoms with Crippen molar-refractivity contribution in [2.45, 2.75) is 12.8 Å². The van der Waals surface area contributed by atoms with Gasteiger partial charge in [-0.3, -0.25) is 4.79 Å². The first-order valence-corrected chi connectivity index (χ1v) is 5.59. The van der Waals surface area contributed by atoms with E-state index in [9.17, 15) is 4.79 Å². The van der Waals surface area contributed by atoms with E-state index in [-0.39, 0.29) is 42.7 Å². The smallest absolute Gasteiger partial charge is 0.274 e. The fourth-order valence-electron chi connectivity index (χ4n) is 1.28. The van der Waals surface area contributed by atoms with Crippen LogP contribution in [-0.4, -0.2) is 34.1 Å². The Morgan fingerprint density at radius 2 is 1.83 bits per heavy atom. The van der Waals surface area contributed by atoms with Crippen LogP contribution in [0.15, 0.2) is 12.1 Å². The lowest BCUT2D eigenvalue weighted by Crippen LogP contribution is -2.33. The largest absolute Gasteiger partial charge is 0.335 e. The lowest BCUT2D eigenvalue weighted by Gasteiger charge is -2.19. The Morgan fingerprint density at radius 1 is 1.22 bits per heavy atom. The molecule has 0 aliphatic rings. The quantitative estimate of drug-likeness (QED) is 0.800. The van der Waals surface area contributed by atoms with Crippen LogP contribution in [0.25, 0.3) is 0 Å². The summed E-state index contributed by atoms with van der Waals surface area (Å²) >= 11 is 5.58. The first-order chi connectivity index (χ1) is 8.69. The summed E-state index contributed by atoms with van der Waals surface area (Å²) in [5.74, 6) is -0.357. The van der Waals surface area contributed by atoms with Gasteiger partial charge in [0.1, 0.15) is 0 Å². The van der Waals surface area contributed by atoms with Crippen LogP contribution in [0.5, 0.6) is 0 Å². The van der Waals surface area contributed by atoms with Crippen molar-refractivity contribution in [3.63, 3.8) is 0 Å². The maximum absolute atomic E-state index is 12.0. The second-order valence-corrected chi connectivity index (χ2v) is 3.74. The van der Waals surface area contributed by atoms with Gasteiger partial charge in [0.15, 0.2) is 10.8 Å². The number of amides is 1. The van der Waals surface area contributed by atoms with Crippen LogP contribution in [0.1, 0.15) is 23.3 Å². The van der Waals surface area contributed by atoms with Crippen LogP contribution < -0.4 is 0 Å². The van der Waals surface area contributed by atoms with Gasteiger partial charge in [-0.2, -0.15) is 10.5 Å². The van der Waals surface area contributed by atoms with E-state index in [1.807, 2.05) is 12.1 Å². The summed E-state index contributed by atoms with van der Waals surface area (Å²) in [5, 5.41) is 24.5. The predicted molar refractivity (Wildman–Crippen MR) is 63.4 cm³/mol. The molecule has 0 atom stereocenters. The Bertz CT molecular complexity index is 470. The highest BCUT2D eigenvalue weighted by molar-refractivity contribution is 6.29. The summed E-state index contributed by atoms with van der Waals surface area (Å²) in [6.45, 7) is 0.530. The van der Waals surface area contributed by atoms with Gasteiger partial charge in [0.2, 0.25) is 0 Å². The zero-order chi connectivity index (χ0) is 13.4. The molecular formula is C11H10ClN5O. The fourth-order valence-corrected chi connectivity index (χ4v) is 1.38. The van der Waals surface area contributed by atoms with Crippen molar-refractivity contribution in [2.24, 2.45) is 0 Å². The van der Waals surface area contributed by atoms with E-state index >= 15 is 0 Å². The Hall–Kier alpha value is -2.18. The second kappa shape index (κ2) is 7.21. The Kier molecular flexibility index (Phi) is 5.56. The summed E-state index contributed by atoms with van der Waals surface area (Å²) in [5.41, 5.74) is 0.148. The van der Waals surface area contributed by atoms with Crippen LogP contribution in [-0.2, 0) is 0 Å². The highest BCUT2D eigenvalue weighted by atomic mass is 35.5. The number of carbonyl (C=O) groups is 1. The molecule has 7 heteroatoms. The van der Waals surface area contributed by atoms with E-state index in [4.69, 9.17) is 22.1 Å². The van der Waals surface area contributed by atoms with Crippen molar-refractivity contribution >= 4 is 17.5 Å². The number of nitrogens with zero attached hydrogens (tertiary/aromatic N) is 5. The minimum Gasteiger partial charge on any atom is -0.335 e. The highest BCUT2D eigenvalue weighted by Gasteiger charge is 2.16. The van der Waals surface area contributed by atoms with Gasteiger partial charge < -0.3 is 4.90 Å². The van der Waals surface area contributed by atoms with E-state index in [1.54, 1.807) is 0 Å². The van der Waals surface area contributed by atoms with Gasteiger partial charge in [-0.25, -0.2) is 0 Å². The summed E-state index contributed by atoms with van der Waals surface area (Å²) in [4.78, 5) is 13.4. The lowest BCUT2D eigenvalue weighted by atomic mass is 10.3. The molecule has 0 unspecified atom stereocenters. The van der Waals surface area contributed by atoms with Crippen molar-refractivity contribution in [3.05, 3.63) is 23.0 Å². The topological polar surface area (TPSA) is 93.7 Å². The molecule has 0 aromatic carbocycles. The zero-order valence-electron chi connectivity index (χ0n) is 9.51. The van der Waals surface area contributed by atoms with Gasteiger partial charge >= 0.3 is 0 Å². The van der Waals surface area contributed by atoms with E-state index < -0.39 is 0 Å². The molecule has 92 valence electrons. The maximum atomic E-state index is 12.0. The number of halogens is 1. The summed E-state index contributed by atoms with van der Waals surface area (Å²) < 4.78 is 0. The van der Waals surface area contributed by atoms with E-state index in [0.717, 1.165) is 0 Å². The molecular weight excluding hydrogens is 254 g/mol. The van der Waals surface area contributed by atoms with Crippen LogP contribution in [0.3, 0.4) is 0 Å². The number of rotatable bonds is 5. The van der Waals surface area contributed by atoms with E-state index in [1.165, 1.54) is 17.0 Å². The number of hydrogen-bond acceptors (Lipinski definition) is 5. The number of aromatic nitrogens is 2. The number of nitriles is 2. The summed E-state index contributed by atoms with van der Waals surface area (Å²) in [6.07, 6.45) is 0.413. The third-order valence-corrected chi connectivity index (χ3v) is 2.33. The summed E-state index contributed by atoms with van der Waals surface area (Å²) in [6, 6.07) is 6.84. The normalized spacial score (nSPS) is 9.28. The van der Waals surface area contributed by atoms with Crippen LogP contribution in [0.4, 0.5) is 0 Å². The average molecular weight is 264 g/mol. The van der Waals surface area contributed by atoms with E-state index in [0.29, 0.717) is 0 Å². The molecule has 1 heterocycles. The molecule has 1 aromatic heterocycles. The van der Waals surface area contributed by atoms with Gasteiger partial charge in [-0.05, 0) is 12.1 Å². The molecule has 0 N–H and O–H groups in total. The first kappa shape index (κ1) is 13.9. The maximum Gasteiger partial charge on any atom is 0.274 e. The van der Waals surface area contributed by atoms with E-state index in [2.05, 4.69) is 10.2 Å². The SMILES string of the molecule is N#CCCN(CCC#N)C(=O)c1ccc(Cl)nn1. The van der Waals surface area contributed by atoms with Gasteiger partial charge in [0.05, 0.1) is 25.0 Å². The Morgan fingerprint density at radius 3 is 2.28 bits per heavy atom. The van der Waals surface area contributed by atoms with Crippen molar-refractivity contribution in [1.29, 1.82) is 10.5 Å². The van der Waals surface area contributed by atoms with Crippen LogP contribution >= 0.6 is 11.6 Å². The summed E-state index contributed by atoms with van der Waals surface area (Å²) in [7, 11) is 0. The van der Waals surface area contributed by atoms with Crippen molar-refractivity contribution in [1.82, 2.24) is 15.1 Å². The molecule has 0 saturated heterocycles. The van der Waals surface area contributed by atoms with Crippen LogP contribution in [0, 0.1) is 22.7 Å². The monoisotopic (exact) mass is 263 g/mol. The molecule has 0 fully saturated rings. The molecule has 0 radical (unpaired) electrons. The highest BCUT2D eigenvalue weighted by Crippen LogP contribution is 2.06. The van der Waals surface area contributed by atoms with Crippen LogP contribution in [0.2, 0.25) is 5.15 Å². The molecule has 6 nitrogen and oxygen atoms in total. The van der Waals surface area contributed by atoms with Crippen molar-refractivity contribution in [3.8, 4) is 12.1 Å². The van der Waals surface area contributed by atoms with Gasteiger partial charge in [0, 0.05) is 13.1 Å². The number of hydrogen-bond donors (Lipinski definition) is 0. The molecule has 0 aliphatic heterocycles. The molecule has 0 saturated carbocycles. The predicted octanol–water partition coefficient (Wildman–Crippen LogP) is 1.40. The first-order valence-electron chi connectivity index (χ1n) is 5.21. The standard InChI is InChI=1S/C11H10ClN5O/c12-10-4-3-9(15-16-10)11(18)17(7-1-5-13)8-2-6-14/h3-4H,1-2,7-8H2. The lowest BCUT2D eigenvalue weighted by molar-refractivity contribution is 0.0755. The molecule has 1 rings (SSSR count). The second-order valence-electron chi connectivity index (χ2n) is 3.35. The van der Waals surface area contributed by atoms with Crippen molar-refractivity contribution in [2.75, 3.05) is 13.1 Å². The fraction of sp³-hybridized carbons (Fsp3) is 0.364.